The highest BCUT2D eigenvalue weighted by Crippen LogP contribution is 2.29. The van der Waals surface area contributed by atoms with Gasteiger partial charge in [0, 0.05) is 24.7 Å². The van der Waals surface area contributed by atoms with Crippen LogP contribution in [0.1, 0.15) is 24.5 Å². The molecule has 0 bridgehead atoms. The predicted molar refractivity (Wildman–Crippen MR) is 131 cm³/mol. The van der Waals surface area contributed by atoms with Crippen molar-refractivity contribution in [1.29, 1.82) is 0 Å². The van der Waals surface area contributed by atoms with E-state index >= 15 is 0 Å². The molecule has 0 atom stereocenters. The highest BCUT2D eigenvalue weighted by atomic mass is 35.5. The van der Waals surface area contributed by atoms with E-state index in [4.69, 9.17) is 25.8 Å². The number of nitrogens with one attached hydrogen (secondary N) is 1. The van der Waals surface area contributed by atoms with Gasteiger partial charge in [-0.05, 0) is 61.8 Å². The van der Waals surface area contributed by atoms with Crippen molar-refractivity contribution < 1.29 is 14.2 Å². The molecule has 0 aliphatic carbocycles. The van der Waals surface area contributed by atoms with E-state index in [-0.39, 0.29) is 24.8 Å². The van der Waals surface area contributed by atoms with Crippen LogP contribution in [0.5, 0.6) is 11.5 Å². The van der Waals surface area contributed by atoms with E-state index in [1.807, 2.05) is 37.3 Å². The van der Waals surface area contributed by atoms with Crippen LogP contribution in [-0.4, -0.2) is 50.9 Å². The van der Waals surface area contributed by atoms with E-state index in [2.05, 4.69) is 22.3 Å². The summed E-state index contributed by atoms with van der Waals surface area (Å²) in [7, 11) is 0. The van der Waals surface area contributed by atoms with Crippen molar-refractivity contribution >= 4 is 36.4 Å². The Labute approximate surface area is 203 Å². The summed E-state index contributed by atoms with van der Waals surface area (Å²) in [6.07, 6.45) is 1.14. The summed E-state index contributed by atoms with van der Waals surface area (Å²) in [5.74, 6) is 1.55. The lowest BCUT2D eigenvalue weighted by molar-refractivity contribution is 0.0374. The Morgan fingerprint density at radius 2 is 1.68 bits per heavy atom. The van der Waals surface area contributed by atoms with E-state index in [9.17, 15) is 0 Å². The summed E-state index contributed by atoms with van der Waals surface area (Å²) in [5.41, 5.74) is 2.27. The Morgan fingerprint density at radius 3 is 2.39 bits per heavy atom. The quantitative estimate of drug-likeness (QED) is 0.449. The molecule has 1 aliphatic rings. The third-order valence-corrected chi connectivity index (χ3v) is 5.13. The van der Waals surface area contributed by atoms with Crippen molar-refractivity contribution in [2.45, 2.75) is 26.5 Å². The minimum Gasteiger partial charge on any atom is -0.490 e. The lowest BCUT2D eigenvalue weighted by Gasteiger charge is -2.26. The van der Waals surface area contributed by atoms with Crippen molar-refractivity contribution in [2.24, 2.45) is 0 Å². The van der Waals surface area contributed by atoms with Gasteiger partial charge in [0.2, 0.25) is 0 Å². The summed E-state index contributed by atoms with van der Waals surface area (Å²) in [6.45, 7) is 9.84. The van der Waals surface area contributed by atoms with Crippen LogP contribution in [0.2, 0.25) is 5.02 Å². The molecule has 0 spiro atoms. The van der Waals surface area contributed by atoms with Crippen LogP contribution < -0.4 is 14.8 Å². The van der Waals surface area contributed by atoms with Crippen LogP contribution in [0.15, 0.2) is 42.5 Å². The maximum atomic E-state index is 5.98. The van der Waals surface area contributed by atoms with Crippen molar-refractivity contribution in [1.82, 2.24) is 10.2 Å². The molecule has 0 radical (unpaired) electrons. The summed E-state index contributed by atoms with van der Waals surface area (Å²) in [5, 5.41) is 4.25. The Bertz CT molecular complexity index is 741. The normalized spacial score (nSPS) is 13.7. The van der Waals surface area contributed by atoms with Crippen LogP contribution in [-0.2, 0) is 17.9 Å². The monoisotopic (exact) mass is 490 g/mol. The molecule has 0 saturated carbocycles. The molecule has 1 heterocycles. The van der Waals surface area contributed by atoms with E-state index in [0.717, 1.165) is 74.4 Å². The van der Waals surface area contributed by atoms with E-state index in [0.29, 0.717) is 13.2 Å². The van der Waals surface area contributed by atoms with Gasteiger partial charge in [-0.25, -0.2) is 0 Å². The van der Waals surface area contributed by atoms with Crippen LogP contribution in [0.4, 0.5) is 0 Å². The fourth-order valence-electron chi connectivity index (χ4n) is 3.28. The molecule has 2 aromatic rings. The van der Waals surface area contributed by atoms with Gasteiger partial charge >= 0.3 is 0 Å². The molecule has 0 amide bonds. The molecule has 8 heteroatoms. The average Bonchev–Trinajstić information content (AvgIpc) is 2.75. The lowest BCUT2D eigenvalue weighted by Crippen LogP contribution is -2.37. The summed E-state index contributed by atoms with van der Waals surface area (Å²) >= 11 is 5.94. The van der Waals surface area contributed by atoms with Crippen LogP contribution in [0.25, 0.3) is 0 Å². The van der Waals surface area contributed by atoms with Gasteiger partial charge in [0.05, 0.1) is 19.8 Å². The molecule has 1 N–H and O–H groups in total. The second-order valence-electron chi connectivity index (χ2n) is 7.11. The second kappa shape index (κ2) is 15.6. The molecule has 174 valence electrons. The first-order valence-corrected chi connectivity index (χ1v) is 10.8. The molecule has 3 rings (SSSR count). The SMILES string of the molecule is CCOc1cc(CNCCCN2CCOCC2)ccc1OCc1ccc(Cl)cc1.Cl.Cl. The highest BCUT2D eigenvalue weighted by molar-refractivity contribution is 6.30. The van der Waals surface area contributed by atoms with Gasteiger partial charge in [0.1, 0.15) is 6.61 Å². The van der Waals surface area contributed by atoms with Crippen LogP contribution in [0, 0.1) is 0 Å². The zero-order chi connectivity index (χ0) is 20.3. The molecule has 0 aromatic heterocycles. The minimum atomic E-state index is 0. The van der Waals surface area contributed by atoms with Gasteiger partial charge in [-0.1, -0.05) is 29.8 Å². The predicted octanol–water partition coefficient (Wildman–Crippen LogP) is 4.97. The maximum Gasteiger partial charge on any atom is 0.161 e. The average molecular weight is 492 g/mol. The van der Waals surface area contributed by atoms with Crippen molar-refractivity contribution in [3.63, 3.8) is 0 Å². The maximum absolute atomic E-state index is 5.98. The lowest BCUT2D eigenvalue weighted by atomic mass is 10.2. The molecule has 31 heavy (non-hydrogen) atoms. The first-order chi connectivity index (χ1) is 14.2. The number of nitrogens with zero attached hydrogens (tertiary/aromatic N) is 1. The number of hydrogen-bond acceptors (Lipinski definition) is 5. The standard InChI is InChI=1S/C23H31ClN2O3.2ClH/c1-2-28-23-16-20(17-25-10-3-11-26-12-14-27-15-13-26)6-9-22(23)29-18-19-4-7-21(24)8-5-19;;/h4-9,16,25H,2-3,10-15,17-18H2,1H3;2*1H. The number of ether oxygens (including phenoxy) is 3. The smallest absolute Gasteiger partial charge is 0.161 e. The minimum absolute atomic E-state index is 0. The fraction of sp³-hybridized carbons (Fsp3) is 0.478. The fourth-order valence-corrected chi connectivity index (χ4v) is 3.40. The summed E-state index contributed by atoms with van der Waals surface area (Å²) < 4.78 is 17.2. The molecule has 1 saturated heterocycles. The number of benzene rings is 2. The first-order valence-electron chi connectivity index (χ1n) is 10.4. The molecule has 2 aromatic carbocycles. The van der Waals surface area contributed by atoms with Gasteiger partial charge in [-0.15, -0.1) is 24.8 Å². The van der Waals surface area contributed by atoms with Gasteiger partial charge in [-0.2, -0.15) is 0 Å². The Balaban J connectivity index is 0.00000240. The van der Waals surface area contributed by atoms with E-state index in [1.165, 1.54) is 5.56 Å². The van der Waals surface area contributed by atoms with Crippen molar-refractivity contribution in [3.05, 3.63) is 58.6 Å². The Hall–Kier alpha value is -1.21. The molecular weight excluding hydrogens is 459 g/mol. The van der Waals surface area contributed by atoms with Gasteiger partial charge < -0.3 is 19.5 Å². The Morgan fingerprint density at radius 1 is 0.968 bits per heavy atom. The van der Waals surface area contributed by atoms with Crippen LogP contribution in [0.3, 0.4) is 0 Å². The largest absolute Gasteiger partial charge is 0.490 e. The number of rotatable bonds is 11. The summed E-state index contributed by atoms with van der Waals surface area (Å²) in [4.78, 5) is 2.46. The molecule has 5 nitrogen and oxygen atoms in total. The van der Waals surface area contributed by atoms with E-state index in [1.54, 1.807) is 0 Å². The molecule has 0 unspecified atom stereocenters. The zero-order valence-electron chi connectivity index (χ0n) is 18.0. The van der Waals surface area contributed by atoms with Crippen molar-refractivity contribution in [3.8, 4) is 11.5 Å². The molecular formula is C23H33Cl3N2O3. The topological polar surface area (TPSA) is 43.0 Å². The van der Waals surface area contributed by atoms with E-state index < -0.39 is 0 Å². The Kier molecular flexibility index (Phi) is 14.0. The highest BCUT2D eigenvalue weighted by Gasteiger charge is 2.10. The number of halogens is 3. The third kappa shape index (κ3) is 9.85. The van der Waals surface area contributed by atoms with Gasteiger partial charge in [0.15, 0.2) is 11.5 Å². The zero-order valence-corrected chi connectivity index (χ0v) is 20.4. The first kappa shape index (κ1) is 27.8. The van der Waals surface area contributed by atoms with Gasteiger partial charge in [0.25, 0.3) is 0 Å². The van der Waals surface area contributed by atoms with Gasteiger partial charge in [-0.3, -0.25) is 4.90 Å². The van der Waals surface area contributed by atoms with Crippen molar-refractivity contribution in [2.75, 3.05) is 46.0 Å². The molecule has 1 fully saturated rings. The molecule has 1 aliphatic heterocycles. The number of hydrogen-bond donors (Lipinski definition) is 1. The second-order valence-corrected chi connectivity index (χ2v) is 7.55. The number of morpholine rings is 1. The third-order valence-electron chi connectivity index (χ3n) is 4.88. The van der Waals surface area contributed by atoms with Crippen LogP contribution >= 0.6 is 36.4 Å². The summed E-state index contributed by atoms with van der Waals surface area (Å²) in [6, 6.07) is 13.8.